The van der Waals surface area contributed by atoms with Gasteiger partial charge in [-0.15, -0.1) is 0 Å². The first-order valence-electron chi connectivity index (χ1n) is 8.99. The third kappa shape index (κ3) is 5.92. The molecule has 0 saturated carbocycles. The Hall–Kier alpha value is -2.67. The van der Waals surface area contributed by atoms with Crippen molar-refractivity contribution in [3.8, 4) is 11.5 Å². The molecule has 1 amide bonds. The highest BCUT2D eigenvalue weighted by Gasteiger charge is 2.20. The standard InChI is InChI=1S/C21H26F2N2O3/c1-15(2)25(17-8-6-5-7-9-17)20(26)14-24(3)13-16-10-11-18(28-21(22)23)19(12-16)27-4/h5-12,15,21H,13-14H2,1-4H3. The number of methoxy groups -OCH3 is 1. The van der Waals surface area contributed by atoms with E-state index in [1.165, 1.54) is 13.2 Å². The van der Waals surface area contributed by atoms with E-state index in [4.69, 9.17) is 4.74 Å². The Balaban J connectivity index is 2.06. The monoisotopic (exact) mass is 392 g/mol. The molecule has 5 nitrogen and oxygen atoms in total. The predicted octanol–water partition coefficient (Wildman–Crippen LogP) is 4.17. The Labute approximate surface area is 164 Å². The summed E-state index contributed by atoms with van der Waals surface area (Å²) in [6.45, 7) is 1.69. The average Bonchev–Trinajstić information content (AvgIpc) is 2.63. The average molecular weight is 392 g/mol. The Morgan fingerprint density at radius 3 is 2.32 bits per heavy atom. The summed E-state index contributed by atoms with van der Waals surface area (Å²) in [5, 5.41) is 0. The number of likely N-dealkylation sites (N-methyl/N-ethyl adjacent to an activating group) is 1. The topological polar surface area (TPSA) is 42.0 Å². The number of hydrogen-bond donors (Lipinski definition) is 0. The van der Waals surface area contributed by atoms with Crippen molar-refractivity contribution in [1.82, 2.24) is 4.90 Å². The third-order valence-electron chi connectivity index (χ3n) is 4.12. The molecule has 2 rings (SSSR count). The maximum absolute atomic E-state index is 12.8. The quantitative estimate of drug-likeness (QED) is 0.642. The number of nitrogens with zero attached hydrogens (tertiary/aromatic N) is 2. The number of carbonyl (C=O) groups is 1. The highest BCUT2D eigenvalue weighted by molar-refractivity contribution is 5.95. The van der Waals surface area contributed by atoms with Gasteiger partial charge in [-0.3, -0.25) is 9.69 Å². The normalized spacial score (nSPS) is 11.2. The highest BCUT2D eigenvalue weighted by atomic mass is 19.3. The van der Waals surface area contributed by atoms with Gasteiger partial charge < -0.3 is 14.4 Å². The van der Waals surface area contributed by atoms with Crippen LogP contribution in [-0.4, -0.2) is 44.2 Å². The number of halogens is 2. The smallest absolute Gasteiger partial charge is 0.387 e. The van der Waals surface area contributed by atoms with Gasteiger partial charge in [0, 0.05) is 18.3 Å². The fourth-order valence-electron chi connectivity index (χ4n) is 3.00. The van der Waals surface area contributed by atoms with Gasteiger partial charge in [0.1, 0.15) is 0 Å². The summed E-state index contributed by atoms with van der Waals surface area (Å²) in [5.74, 6) is 0.189. The zero-order valence-electron chi connectivity index (χ0n) is 16.6. The van der Waals surface area contributed by atoms with E-state index in [0.717, 1.165) is 11.3 Å². The van der Waals surface area contributed by atoms with Gasteiger partial charge in [0.25, 0.3) is 0 Å². The molecule has 0 N–H and O–H groups in total. The first kappa shape index (κ1) is 21.6. The Morgan fingerprint density at radius 2 is 1.75 bits per heavy atom. The summed E-state index contributed by atoms with van der Waals surface area (Å²) in [6.07, 6.45) is 0. The number of para-hydroxylation sites is 1. The number of rotatable bonds is 9. The summed E-state index contributed by atoms with van der Waals surface area (Å²) in [6, 6.07) is 14.3. The Kier molecular flexibility index (Phi) is 7.75. The van der Waals surface area contributed by atoms with Crippen LogP contribution in [0.3, 0.4) is 0 Å². The van der Waals surface area contributed by atoms with E-state index >= 15 is 0 Å². The van der Waals surface area contributed by atoms with Crippen molar-refractivity contribution in [1.29, 1.82) is 0 Å². The van der Waals surface area contributed by atoms with E-state index in [1.54, 1.807) is 17.0 Å². The SMILES string of the molecule is COc1cc(CN(C)CC(=O)N(c2ccccc2)C(C)C)ccc1OC(F)F. The lowest BCUT2D eigenvalue weighted by Crippen LogP contribution is -2.42. The van der Waals surface area contributed by atoms with Crippen molar-refractivity contribution in [2.45, 2.75) is 33.0 Å². The number of amides is 1. The van der Waals surface area contributed by atoms with Crippen LogP contribution < -0.4 is 14.4 Å². The summed E-state index contributed by atoms with van der Waals surface area (Å²) in [4.78, 5) is 16.5. The van der Waals surface area contributed by atoms with Gasteiger partial charge in [-0.25, -0.2) is 0 Å². The summed E-state index contributed by atoms with van der Waals surface area (Å²) >= 11 is 0. The largest absolute Gasteiger partial charge is 0.493 e. The molecule has 0 aliphatic rings. The molecule has 0 heterocycles. The second kappa shape index (κ2) is 10.0. The minimum absolute atomic E-state index is 0.0185. The van der Waals surface area contributed by atoms with E-state index in [-0.39, 0.29) is 30.0 Å². The van der Waals surface area contributed by atoms with Gasteiger partial charge in [0.05, 0.1) is 13.7 Å². The first-order valence-corrected chi connectivity index (χ1v) is 8.99. The third-order valence-corrected chi connectivity index (χ3v) is 4.12. The van der Waals surface area contributed by atoms with E-state index < -0.39 is 6.61 Å². The lowest BCUT2D eigenvalue weighted by Gasteiger charge is -2.29. The van der Waals surface area contributed by atoms with Crippen molar-refractivity contribution in [3.63, 3.8) is 0 Å². The van der Waals surface area contributed by atoms with Crippen molar-refractivity contribution >= 4 is 11.6 Å². The molecule has 0 aliphatic carbocycles. The van der Waals surface area contributed by atoms with Crippen LogP contribution in [0.2, 0.25) is 0 Å². The maximum atomic E-state index is 12.8. The number of carbonyl (C=O) groups excluding carboxylic acids is 1. The Morgan fingerprint density at radius 1 is 1.07 bits per heavy atom. The fourth-order valence-corrected chi connectivity index (χ4v) is 3.00. The van der Waals surface area contributed by atoms with Crippen LogP contribution in [0.15, 0.2) is 48.5 Å². The molecule has 0 spiro atoms. The predicted molar refractivity (Wildman–Crippen MR) is 105 cm³/mol. The summed E-state index contributed by atoms with van der Waals surface area (Å²) in [7, 11) is 3.22. The zero-order valence-corrected chi connectivity index (χ0v) is 16.6. The van der Waals surface area contributed by atoms with Crippen LogP contribution in [0.4, 0.5) is 14.5 Å². The minimum atomic E-state index is -2.92. The molecule has 2 aromatic carbocycles. The molecule has 28 heavy (non-hydrogen) atoms. The van der Waals surface area contributed by atoms with Crippen LogP contribution in [-0.2, 0) is 11.3 Å². The van der Waals surface area contributed by atoms with Crippen molar-refractivity contribution in [2.75, 3.05) is 25.6 Å². The Bertz CT molecular complexity index is 770. The van der Waals surface area contributed by atoms with Crippen molar-refractivity contribution < 1.29 is 23.0 Å². The molecule has 0 fully saturated rings. The minimum Gasteiger partial charge on any atom is -0.493 e. The molecule has 7 heteroatoms. The van der Waals surface area contributed by atoms with Gasteiger partial charge in [0.15, 0.2) is 11.5 Å². The second-order valence-electron chi connectivity index (χ2n) is 6.73. The van der Waals surface area contributed by atoms with Crippen LogP contribution in [0.25, 0.3) is 0 Å². The molecule has 0 saturated heterocycles. The number of benzene rings is 2. The molecule has 0 atom stereocenters. The molecular weight excluding hydrogens is 366 g/mol. The van der Waals surface area contributed by atoms with Crippen LogP contribution in [0.1, 0.15) is 19.4 Å². The van der Waals surface area contributed by atoms with Gasteiger partial charge in [0.2, 0.25) is 5.91 Å². The lowest BCUT2D eigenvalue weighted by atomic mass is 10.2. The number of ether oxygens (including phenoxy) is 2. The number of hydrogen-bond acceptors (Lipinski definition) is 4. The molecule has 0 aliphatic heterocycles. The van der Waals surface area contributed by atoms with E-state index in [2.05, 4.69) is 4.74 Å². The molecule has 152 valence electrons. The van der Waals surface area contributed by atoms with Crippen LogP contribution in [0.5, 0.6) is 11.5 Å². The molecular formula is C21H26F2N2O3. The zero-order chi connectivity index (χ0) is 20.7. The molecule has 0 radical (unpaired) electrons. The van der Waals surface area contributed by atoms with Gasteiger partial charge >= 0.3 is 6.61 Å². The van der Waals surface area contributed by atoms with Crippen LogP contribution in [0, 0.1) is 0 Å². The maximum Gasteiger partial charge on any atom is 0.387 e. The van der Waals surface area contributed by atoms with E-state index in [9.17, 15) is 13.6 Å². The van der Waals surface area contributed by atoms with Gasteiger partial charge in [-0.2, -0.15) is 8.78 Å². The van der Waals surface area contributed by atoms with Gasteiger partial charge in [-0.05, 0) is 50.7 Å². The van der Waals surface area contributed by atoms with Crippen molar-refractivity contribution in [2.24, 2.45) is 0 Å². The second-order valence-corrected chi connectivity index (χ2v) is 6.73. The number of anilines is 1. The van der Waals surface area contributed by atoms with Crippen LogP contribution >= 0.6 is 0 Å². The summed E-state index contributed by atoms with van der Waals surface area (Å²) in [5.41, 5.74) is 1.68. The van der Waals surface area contributed by atoms with Crippen molar-refractivity contribution in [3.05, 3.63) is 54.1 Å². The van der Waals surface area contributed by atoms with E-state index in [0.29, 0.717) is 6.54 Å². The highest BCUT2D eigenvalue weighted by Crippen LogP contribution is 2.29. The molecule has 0 bridgehead atoms. The molecule has 0 unspecified atom stereocenters. The fraction of sp³-hybridized carbons (Fsp3) is 0.381. The number of alkyl halides is 2. The molecule has 0 aromatic heterocycles. The molecule has 2 aromatic rings. The first-order chi connectivity index (χ1) is 13.3. The van der Waals surface area contributed by atoms with E-state index in [1.807, 2.05) is 56.1 Å². The van der Waals surface area contributed by atoms with Gasteiger partial charge in [-0.1, -0.05) is 24.3 Å². The lowest BCUT2D eigenvalue weighted by molar-refractivity contribution is -0.119. The summed E-state index contributed by atoms with van der Waals surface area (Å²) < 4.78 is 34.4.